The van der Waals surface area contributed by atoms with Crippen molar-refractivity contribution in [2.75, 3.05) is 7.11 Å². The van der Waals surface area contributed by atoms with Crippen LogP contribution in [0.15, 0.2) is 12.1 Å². The minimum Gasteiger partial charge on any atom is -0.496 e. The van der Waals surface area contributed by atoms with Crippen molar-refractivity contribution in [3.05, 3.63) is 23.5 Å². The van der Waals surface area contributed by atoms with Crippen LogP contribution in [0.5, 0.6) is 5.75 Å². The highest BCUT2D eigenvalue weighted by molar-refractivity contribution is 6.32. The molecule has 0 aromatic heterocycles. The molecule has 16 heavy (non-hydrogen) atoms. The lowest BCUT2D eigenvalue weighted by Gasteiger charge is -2.10. The maximum atomic E-state index is 13.6. The summed E-state index contributed by atoms with van der Waals surface area (Å²) < 4.78 is 18.5. The SMILES string of the molecule is [B]c1cc(F)c(C(=O)NC2CC2)c(OC)c1. The smallest absolute Gasteiger partial charge is 0.258 e. The molecule has 1 fully saturated rings. The molecule has 1 aromatic rings. The van der Waals surface area contributed by atoms with Crippen molar-refractivity contribution >= 4 is 19.2 Å². The summed E-state index contributed by atoms with van der Waals surface area (Å²) in [5.41, 5.74) is 0.154. The van der Waals surface area contributed by atoms with Gasteiger partial charge in [-0.1, -0.05) is 5.46 Å². The second-order valence-electron chi connectivity index (χ2n) is 3.83. The van der Waals surface area contributed by atoms with Gasteiger partial charge in [-0.25, -0.2) is 4.39 Å². The summed E-state index contributed by atoms with van der Waals surface area (Å²) in [7, 11) is 6.84. The van der Waals surface area contributed by atoms with Crippen LogP contribution in [0.2, 0.25) is 0 Å². The van der Waals surface area contributed by atoms with E-state index in [-0.39, 0.29) is 22.8 Å². The highest BCUT2D eigenvalue weighted by atomic mass is 19.1. The Balaban J connectivity index is 2.32. The van der Waals surface area contributed by atoms with Gasteiger partial charge in [-0.3, -0.25) is 4.79 Å². The number of rotatable bonds is 3. The van der Waals surface area contributed by atoms with Crippen LogP contribution in [0.1, 0.15) is 23.2 Å². The van der Waals surface area contributed by atoms with E-state index >= 15 is 0 Å². The maximum absolute atomic E-state index is 13.6. The minimum absolute atomic E-state index is 0.0800. The number of hydrogen-bond donors (Lipinski definition) is 1. The second kappa shape index (κ2) is 4.16. The number of nitrogens with one attached hydrogen (secondary N) is 1. The van der Waals surface area contributed by atoms with Crippen molar-refractivity contribution in [3.63, 3.8) is 0 Å². The molecule has 2 rings (SSSR count). The van der Waals surface area contributed by atoms with Gasteiger partial charge in [-0.05, 0) is 25.0 Å². The maximum Gasteiger partial charge on any atom is 0.258 e. The molecular formula is C11H11BFNO2. The summed E-state index contributed by atoms with van der Waals surface area (Å²) in [6.07, 6.45) is 1.90. The van der Waals surface area contributed by atoms with Crippen molar-refractivity contribution in [2.24, 2.45) is 0 Å². The zero-order chi connectivity index (χ0) is 11.7. The monoisotopic (exact) mass is 219 g/mol. The fourth-order valence-electron chi connectivity index (χ4n) is 1.47. The molecule has 3 nitrogen and oxygen atoms in total. The van der Waals surface area contributed by atoms with Crippen LogP contribution in [0, 0.1) is 5.82 Å². The van der Waals surface area contributed by atoms with Crippen LogP contribution in [-0.2, 0) is 0 Å². The molecule has 1 saturated carbocycles. The van der Waals surface area contributed by atoms with E-state index in [9.17, 15) is 9.18 Å². The molecule has 0 heterocycles. The number of hydrogen-bond acceptors (Lipinski definition) is 2. The number of benzene rings is 1. The highest BCUT2D eigenvalue weighted by Crippen LogP contribution is 2.23. The lowest BCUT2D eigenvalue weighted by Crippen LogP contribution is -2.27. The average Bonchev–Trinajstić information content (AvgIpc) is 2.99. The lowest BCUT2D eigenvalue weighted by atomic mass is 9.94. The summed E-state index contributed by atoms with van der Waals surface area (Å²) in [6, 6.07) is 2.73. The van der Waals surface area contributed by atoms with E-state index in [4.69, 9.17) is 12.6 Å². The Morgan fingerprint density at radius 3 is 2.81 bits per heavy atom. The van der Waals surface area contributed by atoms with Gasteiger partial charge in [-0.15, -0.1) is 0 Å². The first-order chi connectivity index (χ1) is 7.61. The summed E-state index contributed by atoms with van der Waals surface area (Å²) >= 11 is 0. The van der Waals surface area contributed by atoms with E-state index in [2.05, 4.69) is 5.32 Å². The number of methoxy groups -OCH3 is 1. The van der Waals surface area contributed by atoms with E-state index in [1.54, 1.807) is 0 Å². The van der Waals surface area contributed by atoms with E-state index in [0.29, 0.717) is 0 Å². The first kappa shape index (κ1) is 11.0. The van der Waals surface area contributed by atoms with Crippen LogP contribution in [0.4, 0.5) is 4.39 Å². The summed E-state index contributed by atoms with van der Waals surface area (Å²) in [5.74, 6) is -0.942. The van der Waals surface area contributed by atoms with Gasteiger partial charge < -0.3 is 10.1 Å². The Kier molecular flexibility index (Phi) is 2.85. The number of carbonyl (C=O) groups excluding carboxylic acids is 1. The Hall–Kier alpha value is -1.52. The topological polar surface area (TPSA) is 38.3 Å². The zero-order valence-corrected chi connectivity index (χ0v) is 8.92. The molecule has 0 spiro atoms. The van der Waals surface area contributed by atoms with Crippen molar-refractivity contribution in [3.8, 4) is 5.75 Å². The van der Waals surface area contributed by atoms with Crippen LogP contribution in [0.3, 0.4) is 0 Å². The van der Waals surface area contributed by atoms with Gasteiger partial charge in [0.15, 0.2) is 0 Å². The summed E-state index contributed by atoms with van der Waals surface area (Å²) in [5, 5.41) is 2.71. The standard InChI is InChI=1S/C11H11BFNO2/c1-16-9-5-6(12)4-8(13)10(9)11(15)14-7-2-3-7/h4-5,7H,2-3H2,1H3,(H,14,15). The average molecular weight is 219 g/mol. The lowest BCUT2D eigenvalue weighted by molar-refractivity contribution is 0.0944. The third kappa shape index (κ3) is 2.18. The molecule has 1 aliphatic rings. The van der Waals surface area contributed by atoms with Crippen LogP contribution < -0.4 is 15.5 Å². The molecule has 1 aliphatic carbocycles. The van der Waals surface area contributed by atoms with E-state index < -0.39 is 11.7 Å². The van der Waals surface area contributed by atoms with Gasteiger partial charge in [0, 0.05) is 6.04 Å². The van der Waals surface area contributed by atoms with Gasteiger partial charge in [-0.2, -0.15) is 0 Å². The Morgan fingerprint density at radius 1 is 1.56 bits per heavy atom. The molecule has 0 saturated heterocycles. The predicted molar refractivity (Wildman–Crippen MR) is 58.8 cm³/mol. The fraction of sp³-hybridized carbons (Fsp3) is 0.364. The van der Waals surface area contributed by atoms with Gasteiger partial charge in [0.1, 0.15) is 25.0 Å². The summed E-state index contributed by atoms with van der Waals surface area (Å²) in [6.45, 7) is 0. The molecular weight excluding hydrogens is 208 g/mol. The molecule has 82 valence electrons. The van der Waals surface area contributed by atoms with Crippen molar-refractivity contribution in [2.45, 2.75) is 18.9 Å². The minimum atomic E-state index is -0.657. The Labute approximate surface area is 94.4 Å². The molecule has 0 aliphatic heterocycles. The van der Waals surface area contributed by atoms with Gasteiger partial charge in [0.25, 0.3) is 5.91 Å². The molecule has 1 aromatic carbocycles. The normalized spacial score (nSPS) is 14.6. The molecule has 0 atom stereocenters. The molecule has 1 amide bonds. The van der Waals surface area contributed by atoms with Gasteiger partial charge >= 0.3 is 0 Å². The number of amides is 1. The quantitative estimate of drug-likeness (QED) is 0.752. The molecule has 1 N–H and O–H groups in total. The van der Waals surface area contributed by atoms with Crippen LogP contribution in [0.25, 0.3) is 0 Å². The van der Waals surface area contributed by atoms with Crippen molar-refractivity contribution in [1.82, 2.24) is 5.32 Å². The first-order valence-corrected chi connectivity index (χ1v) is 5.05. The van der Waals surface area contributed by atoms with E-state index in [1.807, 2.05) is 0 Å². The van der Waals surface area contributed by atoms with Gasteiger partial charge in [0.2, 0.25) is 0 Å². The van der Waals surface area contributed by atoms with E-state index in [1.165, 1.54) is 13.2 Å². The van der Waals surface area contributed by atoms with Crippen molar-refractivity contribution in [1.29, 1.82) is 0 Å². The largest absolute Gasteiger partial charge is 0.496 e. The van der Waals surface area contributed by atoms with Crippen LogP contribution in [-0.4, -0.2) is 26.9 Å². The van der Waals surface area contributed by atoms with Gasteiger partial charge in [0.05, 0.1) is 7.11 Å². The third-order valence-electron chi connectivity index (χ3n) is 2.44. The van der Waals surface area contributed by atoms with E-state index in [0.717, 1.165) is 18.9 Å². The van der Waals surface area contributed by atoms with Crippen molar-refractivity contribution < 1.29 is 13.9 Å². The number of carbonyl (C=O) groups is 1. The highest BCUT2D eigenvalue weighted by Gasteiger charge is 2.27. The number of ether oxygens (including phenoxy) is 1. The second-order valence-corrected chi connectivity index (χ2v) is 3.83. The third-order valence-corrected chi connectivity index (χ3v) is 2.44. The fourth-order valence-corrected chi connectivity index (χ4v) is 1.47. The molecule has 0 bridgehead atoms. The Morgan fingerprint density at radius 2 is 2.25 bits per heavy atom. The first-order valence-electron chi connectivity index (χ1n) is 5.05. The zero-order valence-electron chi connectivity index (χ0n) is 8.92. The van der Waals surface area contributed by atoms with Crippen LogP contribution >= 0.6 is 0 Å². The predicted octanol–water partition coefficient (Wildman–Crippen LogP) is 0.520. The molecule has 5 heteroatoms. The summed E-state index contributed by atoms with van der Waals surface area (Å²) in [4.78, 5) is 11.7. The molecule has 0 unspecified atom stereocenters. The molecule has 2 radical (unpaired) electrons. The number of halogens is 1. The Bertz CT molecular complexity index is 432.